The topological polar surface area (TPSA) is 158 Å². The summed E-state index contributed by atoms with van der Waals surface area (Å²) in [6.45, 7) is 1.02. The van der Waals surface area contributed by atoms with Crippen LogP contribution in [0.4, 0.5) is 0 Å². The second-order valence-electron chi connectivity index (χ2n) is 6.40. The number of benzene rings is 1. The Morgan fingerprint density at radius 3 is 2.75 bits per heavy atom. The van der Waals surface area contributed by atoms with E-state index in [9.17, 15) is 22.8 Å². The Hall–Kier alpha value is -2.21. The van der Waals surface area contributed by atoms with Crippen LogP contribution in [0.1, 0.15) is 12.8 Å². The highest BCUT2D eigenvalue weighted by Crippen LogP contribution is 2.25. The summed E-state index contributed by atoms with van der Waals surface area (Å²) < 4.78 is 27.2. The van der Waals surface area contributed by atoms with Gasteiger partial charge in [-0.3, -0.25) is 14.6 Å². The Bertz CT molecular complexity index is 1080. The number of piperidine rings is 1. The molecule has 2 heterocycles. The molecule has 1 atom stereocenters. The minimum absolute atomic E-state index is 0. The molecule has 1 aliphatic heterocycles. The lowest BCUT2D eigenvalue weighted by molar-refractivity contribution is -0.126. The molecule has 1 amide bonds. The summed E-state index contributed by atoms with van der Waals surface area (Å²) in [5, 5.41) is 2.76. The second kappa shape index (κ2) is 8.86. The molecule has 154 valence electrons. The summed E-state index contributed by atoms with van der Waals surface area (Å²) in [6.07, 6.45) is 1.16. The summed E-state index contributed by atoms with van der Waals surface area (Å²) >= 11 is 0. The van der Waals surface area contributed by atoms with Crippen molar-refractivity contribution in [2.75, 3.05) is 26.2 Å². The normalized spacial score (nSPS) is 17.8. The van der Waals surface area contributed by atoms with E-state index in [0.717, 1.165) is 0 Å². The maximum Gasteiger partial charge on any atom is 0.326 e. The molecular weight excluding hydrogens is 410 g/mol. The fraction of sp³-hybridized carbons (Fsp3) is 0.438. The lowest BCUT2D eigenvalue weighted by Gasteiger charge is -2.31. The molecule has 3 rings (SSSR count). The number of nitrogens with zero attached hydrogens (tertiary/aromatic N) is 1. The van der Waals surface area contributed by atoms with Crippen molar-refractivity contribution < 1.29 is 13.2 Å². The predicted octanol–water partition coefficient (Wildman–Crippen LogP) is -0.886. The van der Waals surface area contributed by atoms with Crippen LogP contribution in [0.3, 0.4) is 0 Å². The van der Waals surface area contributed by atoms with Crippen molar-refractivity contribution in [3.63, 3.8) is 0 Å². The third-order valence-electron chi connectivity index (χ3n) is 4.55. The Labute approximate surface area is 167 Å². The molecule has 1 aliphatic rings. The van der Waals surface area contributed by atoms with Crippen LogP contribution >= 0.6 is 12.4 Å². The highest BCUT2D eigenvalue weighted by Gasteiger charge is 2.33. The Morgan fingerprint density at radius 2 is 2.04 bits per heavy atom. The number of aromatic nitrogens is 2. The summed E-state index contributed by atoms with van der Waals surface area (Å²) in [5.74, 6) is -0.659. The number of halogens is 1. The van der Waals surface area contributed by atoms with E-state index in [1.54, 1.807) is 0 Å². The van der Waals surface area contributed by atoms with E-state index in [-0.39, 0.29) is 40.7 Å². The van der Waals surface area contributed by atoms with E-state index in [0.29, 0.717) is 32.5 Å². The number of amides is 1. The fourth-order valence-electron chi connectivity index (χ4n) is 3.17. The minimum Gasteiger partial charge on any atom is -0.355 e. The molecule has 1 saturated heterocycles. The van der Waals surface area contributed by atoms with Gasteiger partial charge in [-0.25, -0.2) is 13.2 Å². The molecule has 0 spiro atoms. The smallest absolute Gasteiger partial charge is 0.326 e. The molecular formula is C16H22ClN5O5S. The lowest BCUT2D eigenvalue weighted by Crippen LogP contribution is -2.46. The van der Waals surface area contributed by atoms with E-state index >= 15 is 0 Å². The first-order valence-corrected chi connectivity index (χ1v) is 10.0. The first-order chi connectivity index (χ1) is 12.8. The maximum atomic E-state index is 13.0. The zero-order chi connectivity index (χ0) is 19.6. The van der Waals surface area contributed by atoms with E-state index in [2.05, 4.69) is 15.3 Å². The molecule has 0 aliphatic carbocycles. The predicted molar refractivity (Wildman–Crippen MR) is 106 cm³/mol. The van der Waals surface area contributed by atoms with Gasteiger partial charge in [-0.2, -0.15) is 4.31 Å². The minimum atomic E-state index is -3.88. The number of H-pyrrole nitrogens is 2. The van der Waals surface area contributed by atoms with Crippen LogP contribution in [0.5, 0.6) is 0 Å². The van der Waals surface area contributed by atoms with Gasteiger partial charge in [-0.1, -0.05) is 0 Å². The lowest BCUT2D eigenvalue weighted by atomic mass is 9.99. The summed E-state index contributed by atoms with van der Waals surface area (Å²) in [5.41, 5.74) is 4.30. The maximum absolute atomic E-state index is 13.0. The second-order valence-corrected chi connectivity index (χ2v) is 8.34. The molecule has 1 aromatic heterocycles. The third-order valence-corrected chi connectivity index (χ3v) is 6.41. The number of fused-ring (bicyclic) bond motifs is 1. The van der Waals surface area contributed by atoms with Gasteiger partial charge in [0.2, 0.25) is 15.9 Å². The quantitative estimate of drug-likeness (QED) is 0.481. The van der Waals surface area contributed by atoms with Crippen LogP contribution in [-0.4, -0.2) is 54.8 Å². The Balaban J connectivity index is 0.00000280. The van der Waals surface area contributed by atoms with Gasteiger partial charge in [0.25, 0.3) is 5.56 Å². The zero-order valence-electron chi connectivity index (χ0n) is 14.9. The van der Waals surface area contributed by atoms with E-state index in [4.69, 9.17) is 5.73 Å². The van der Waals surface area contributed by atoms with Crippen LogP contribution in [0, 0.1) is 5.92 Å². The van der Waals surface area contributed by atoms with E-state index in [1.807, 2.05) is 0 Å². The highest BCUT2D eigenvalue weighted by atomic mass is 35.5. The van der Waals surface area contributed by atoms with Crippen LogP contribution in [0.25, 0.3) is 10.9 Å². The molecule has 2 aromatic rings. The molecule has 0 saturated carbocycles. The van der Waals surface area contributed by atoms with Crippen LogP contribution in [0.2, 0.25) is 0 Å². The number of aromatic amines is 2. The molecule has 10 nitrogen and oxygen atoms in total. The average molecular weight is 432 g/mol. The van der Waals surface area contributed by atoms with Gasteiger partial charge in [-0.05, 0) is 31.0 Å². The van der Waals surface area contributed by atoms with Gasteiger partial charge >= 0.3 is 5.69 Å². The SMILES string of the molecule is Cl.NCCNC(=O)C1CCCN(S(=O)(=O)c2ccc3[nH]c(=O)[nH]c(=O)c3c2)C1. The number of rotatable bonds is 5. The number of nitrogens with two attached hydrogens (primary N) is 1. The molecule has 5 N–H and O–H groups in total. The third kappa shape index (κ3) is 4.43. The standard InChI is InChI=1S/C16H21N5O5S.ClH/c17-5-6-18-14(22)10-2-1-7-21(9-10)27(25,26)11-3-4-13-12(8-11)15(23)20-16(24)19-13;/h3-4,8,10H,1-2,5-7,9,17H2,(H,18,22)(H2,19,20,23,24);1H. The van der Waals surface area contributed by atoms with Crippen molar-refractivity contribution in [2.45, 2.75) is 17.7 Å². The van der Waals surface area contributed by atoms with Crippen molar-refractivity contribution in [1.29, 1.82) is 0 Å². The van der Waals surface area contributed by atoms with Crippen LogP contribution in [0.15, 0.2) is 32.7 Å². The van der Waals surface area contributed by atoms with Gasteiger partial charge in [0, 0.05) is 26.2 Å². The molecule has 12 heteroatoms. The number of hydrogen-bond donors (Lipinski definition) is 4. The van der Waals surface area contributed by atoms with Crippen molar-refractivity contribution in [2.24, 2.45) is 11.7 Å². The Kier molecular flexibility index (Phi) is 6.99. The van der Waals surface area contributed by atoms with Crippen molar-refractivity contribution >= 4 is 39.2 Å². The number of carbonyl (C=O) groups is 1. The van der Waals surface area contributed by atoms with Gasteiger partial charge < -0.3 is 16.0 Å². The monoisotopic (exact) mass is 431 g/mol. The largest absolute Gasteiger partial charge is 0.355 e. The van der Waals surface area contributed by atoms with E-state index < -0.39 is 27.2 Å². The summed E-state index contributed by atoms with van der Waals surface area (Å²) in [6, 6.07) is 3.96. The van der Waals surface area contributed by atoms with Crippen molar-refractivity contribution in [3.8, 4) is 0 Å². The fourth-order valence-corrected chi connectivity index (χ4v) is 4.72. The number of nitrogens with one attached hydrogen (secondary N) is 3. The molecule has 28 heavy (non-hydrogen) atoms. The first kappa shape index (κ1) is 22.1. The molecule has 0 bridgehead atoms. The molecule has 1 unspecified atom stereocenters. The highest BCUT2D eigenvalue weighted by molar-refractivity contribution is 7.89. The average Bonchev–Trinajstić information content (AvgIpc) is 2.65. The number of hydrogen-bond acceptors (Lipinski definition) is 6. The van der Waals surface area contributed by atoms with Crippen LogP contribution in [-0.2, 0) is 14.8 Å². The van der Waals surface area contributed by atoms with Crippen molar-refractivity contribution in [1.82, 2.24) is 19.6 Å². The van der Waals surface area contributed by atoms with E-state index in [1.165, 1.54) is 22.5 Å². The first-order valence-electron chi connectivity index (χ1n) is 8.57. The molecule has 0 radical (unpaired) electrons. The van der Waals surface area contributed by atoms with Crippen LogP contribution < -0.4 is 22.3 Å². The molecule has 1 aromatic carbocycles. The van der Waals surface area contributed by atoms with Crippen molar-refractivity contribution in [3.05, 3.63) is 39.0 Å². The number of carbonyl (C=O) groups excluding carboxylic acids is 1. The molecule has 1 fully saturated rings. The zero-order valence-corrected chi connectivity index (χ0v) is 16.6. The Morgan fingerprint density at radius 1 is 1.29 bits per heavy atom. The summed E-state index contributed by atoms with van der Waals surface area (Å²) in [7, 11) is -3.88. The number of sulfonamides is 1. The van der Waals surface area contributed by atoms with Gasteiger partial charge in [0.05, 0.1) is 21.7 Å². The van der Waals surface area contributed by atoms with Gasteiger partial charge in [-0.15, -0.1) is 12.4 Å². The van der Waals surface area contributed by atoms with Gasteiger partial charge in [0.1, 0.15) is 0 Å². The summed E-state index contributed by atoms with van der Waals surface area (Å²) in [4.78, 5) is 39.9. The van der Waals surface area contributed by atoms with Gasteiger partial charge in [0.15, 0.2) is 0 Å².